The van der Waals surface area contributed by atoms with Crippen LogP contribution in [-0.4, -0.2) is 68.8 Å². The Balaban J connectivity index is 1.27. The summed E-state index contributed by atoms with van der Waals surface area (Å²) < 4.78 is 0. The number of aromatic hydroxyl groups is 1. The molecule has 0 spiro atoms. The number of para-hydroxylation sites is 1. The topological polar surface area (TPSA) is 101 Å². The lowest BCUT2D eigenvalue weighted by Gasteiger charge is -2.37. The van der Waals surface area contributed by atoms with Gasteiger partial charge in [-0.1, -0.05) is 72.7 Å². The fraction of sp³-hybridized carbons (Fsp3) is 0.486. The van der Waals surface area contributed by atoms with E-state index in [1.54, 1.807) is 12.1 Å². The average molecular weight is 573 g/mol. The van der Waals surface area contributed by atoms with Gasteiger partial charge < -0.3 is 15.3 Å². The van der Waals surface area contributed by atoms with Crippen LogP contribution in [0.4, 0.5) is 0 Å². The highest BCUT2D eigenvalue weighted by Crippen LogP contribution is 2.48. The van der Waals surface area contributed by atoms with Gasteiger partial charge in [0, 0.05) is 37.2 Å². The maximum absolute atomic E-state index is 13.9. The van der Waals surface area contributed by atoms with Crippen LogP contribution < -0.4 is 0 Å². The number of amides is 2. The third-order valence-corrected chi connectivity index (χ3v) is 9.52. The van der Waals surface area contributed by atoms with Crippen molar-refractivity contribution in [3.63, 3.8) is 0 Å². The molecule has 0 aromatic heterocycles. The summed E-state index contributed by atoms with van der Waals surface area (Å²) in [6.45, 7) is 6.22. The van der Waals surface area contributed by atoms with Crippen LogP contribution in [0.1, 0.15) is 63.5 Å². The monoisotopic (exact) mass is 572 g/mol. The lowest BCUT2D eigenvalue weighted by Crippen LogP contribution is -2.47. The molecule has 4 atom stereocenters. The Hall–Kier alpha value is -3.26. The normalized spacial score (nSPS) is 24.8. The molecular formula is C35H44N2O5. The van der Waals surface area contributed by atoms with Crippen molar-refractivity contribution >= 4 is 17.9 Å². The molecule has 0 radical (unpaired) electrons. The summed E-state index contributed by atoms with van der Waals surface area (Å²) in [5.74, 6) is -1.72. The number of carbonyl (C=O) groups excluding carboxylic acids is 2. The van der Waals surface area contributed by atoms with E-state index in [2.05, 4.69) is 17.0 Å². The maximum atomic E-state index is 13.9. The number of nitrogens with zero attached hydrogens (tertiary/aromatic N) is 2. The fourth-order valence-electron chi connectivity index (χ4n) is 7.33. The first-order valence-corrected chi connectivity index (χ1v) is 15.4. The number of imide groups is 1. The van der Waals surface area contributed by atoms with Crippen LogP contribution >= 0.6 is 0 Å². The van der Waals surface area contributed by atoms with Gasteiger partial charge in [-0.15, -0.1) is 0 Å². The molecule has 2 amide bonds. The van der Waals surface area contributed by atoms with Gasteiger partial charge in [-0.05, 0) is 62.7 Å². The minimum Gasteiger partial charge on any atom is -0.507 e. The first-order valence-electron chi connectivity index (χ1n) is 15.4. The number of likely N-dealkylation sites (tertiary alicyclic amines) is 2. The van der Waals surface area contributed by atoms with Crippen LogP contribution in [0.3, 0.4) is 0 Å². The molecule has 2 aliphatic heterocycles. The number of carbonyl (C=O) groups is 2. The summed E-state index contributed by atoms with van der Waals surface area (Å²) in [5.41, 5.74) is 4.74. The number of benzene rings is 2. The van der Waals surface area contributed by atoms with Crippen LogP contribution in [0.25, 0.3) is 6.08 Å². The molecule has 3 N–H and O–H groups in total. The molecule has 2 saturated heterocycles. The van der Waals surface area contributed by atoms with Gasteiger partial charge in [-0.3, -0.25) is 19.4 Å². The first kappa shape index (κ1) is 30.2. The number of aliphatic hydroxyl groups is 2. The van der Waals surface area contributed by atoms with E-state index in [1.165, 1.54) is 10.5 Å². The van der Waals surface area contributed by atoms with Crippen LogP contribution in [0.5, 0.6) is 5.75 Å². The Bertz CT molecular complexity index is 1330. The predicted octanol–water partition coefficient (Wildman–Crippen LogP) is 4.92. The molecule has 2 aromatic rings. The number of hydrogen-bond acceptors (Lipinski definition) is 6. The van der Waals surface area contributed by atoms with Crippen LogP contribution in [-0.2, 0) is 16.1 Å². The summed E-state index contributed by atoms with van der Waals surface area (Å²) in [6.07, 6.45) is 4.77. The largest absolute Gasteiger partial charge is 0.507 e. The van der Waals surface area contributed by atoms with Crippen molar-refractivity contribution in [1.82, 2.24) is 9.80 Å². The Kier molecular flexibility index (Phi) is 9.61. The molecule has 3 aliphatic rings. The van der Waals surface area contributed by atoms with Crippen molar-refractivity contribution in [2.75, 3.05) is 19.7 Å². The second-order valence-corrected chi connectivity index (χ2v) is 12.2. The van der Waals surface area contributed by atoms with Crippen molar-refractivity contribution in [2.24, 2.45) is 17.8 Å². The van der Waals surface area contributed by atoms with E-state index >= 15 is 0 Å². The van der Waals surface area contributed by atoms with E-state index in [4.69, 9.17) is 0 Å². The fourth-order valence-corrected chi connectivity index (χ4v) is 7.33. The van der Waals surface area contributed by atoms with E-state index in [9.17, 15) is 24.9 Å². The molecule has 224 valence electrons. The Morgan fingerprint density at radius 2 is 1.71 bits per heavy atom. The van der Waals surface area contributed by atoms with Crippen molar-refractivity contribution in [1.29, 1.82) is 0 Å². The van der Waals surface area contributed by atoms with Gasteiger partial charge in [-0.2, -0.15) is 0 Å². The van der Waals surface area contributed by atoms with Crippen molar-refractivity contribution < 1.29 is 24.9 Å². The molecule has 2 fully saturated rings. The SMILES string of the molecule is CCC1=C([C@H](O)CC/C(C)=C/c2ccccc2O)[C@H](CO)[C@@H]2C(=O)N(C3CCN(Cc4ccccc4)CC3)C(=O)[C@@H]2C1. The Morgan fingerprint density at radius 3 is 2.38 bits per heavy atom. The molecule has 0 saturated carbocycles. The number of phenols is 1. The second kappa shape index (κ2) is 13.4. The van der Waals surface area contributed by atoms with Crippen molar-refractivity contribution in [3.05, 3.63) is 82.4 Å². The smallest absolute Gasteiger partial charge is 0.234 e. The zero-order valence-corrected chi connectivity index (χ0v) is 24.8. The molecular weight excluding hydrogens is 528 g/mol. The zero-order valence-electron chi connectivity index (χ0n) is 24.8. The molecule has 0 unspecified atom stereocenters. The highest BCUT2D eigenvalue weighted by atomic mass is 16.3. The van der Waals surface area contributed by atoms with Gasteiger partial charge >= 0.3 is 0 Å². The molecule has 5 rings (SSSR count). The van der Waals surface area contributed by atoms with E-state index in [-0.39, 0.29) is 30.2 Å². The number of allylic oxidation sites excluding steroid dienone is 2. The van der Waals surface area contributed by atoms with E-state index < -0.39 is 23.9 Å². The number of hydrogen-bond donors (Lipinski definition) is 3. The number of rotatable bonds is 10. The summed E-state index contributed by atoms with van der Waals surface area (Å²) in [4.78, 5) is 31.5. The summed E-state index contributed by atoms with van der Waals surface area (Å²) in [7, 11) is 0. The summed E-state index contributed by atoms with van der Waals surface area (Å²) in [5, 5.41) is 32.1. The summed E-state index contributed by atoms with van der Waals surface area (Å²) >= 11 is 0. The molecule has 7 heteroatoms. The van der Waals surface area contributed by atoms with Crippen molar-refractivity contribution in [2.45, 2.75) is 71.1 Å². The van der Waals surface area contributed by atoms with Gasteiger partial charge in [0.1, 0.15) is 5.75 Å². The number of aliphatic hydroxyl groups excluding tert-OH is 2. The molecule has 1 aliphatic carbocycles. The lowest BCUT2D eigenvalue weighted by molar-refractivity contribution is -0.144. The zero-order chi connectivity index (χ0) is 29.8. The highest BCUT2D eigenvalue weighted by molar-refractivity contribution is 6.06. The third-order valence-electron chi connectivity index (χ3n) is 9.52. The minimum atomic E-state index is -0.816. The first-order chi connectivity index (χ1) is 20.3. The molecule has 2 heterocycles. The van der Waals surface area contributed by atoms with Crippen molar-refractivity contribution in [3.8, 4) is 5.75 Å². The number of piperidine rings is 1. The van der Waals surface area contributed by atoms with E-state index in [1.807, 2.05) is 50.3 Å². The van der Waals surface area contributed by atoms with Gasteiger partial charge in [0.05, 0.1) is 24.5 Å². The molecule has 0 bridgehead atoms. The van der Waals surface area contributed by atoms with Gasteiger partial charge in [-0.25, -0.2) is 0 Å². The quantitative estimate of drug-likeness (QED) is 0.276. The van der Waals surface area contributed by atoms with E-state index in [0.29, 0.717) is 25.7 Å². The van der Waals surface area contributed by atoms with E-state index in [0.717, 1.165) is 54.8 Å². The van der Waals surface area contributed by atoms with Crippen LogP contribution in [0.15, 0.2) is 71.3 Å². The second-order valence-electron chi connectivity index (χ2n) is 12.2. The Morgan fingerprint density at radius 1 is 1.02 bits per heavy atom. The van der Waals surface area contributed by atoms with Crippen LogP contribution in [0.2, 0.25) is 0 Å². The summed E-state index contributed by atoms with van der Waals surface area (Å²) in [6, 6.07) is 17.4. The molecule has 42 heavy (non-hydrogen) atoms. The van der Waals surface area contributed by atoms with Crippen LogP contribution in [0, 0.1) is 17.8 Å². The maximum Gasteiger partial charge on any atom is 0.234 e. The van der Waals surface area contributed by atoms with Gasteiger partial charge in [0.25, 0.3) is 0 Å². The van der Waals surface area contributed by atoms with Gasteiger partial charge in [0.15, 0.2) is 0 Å². The number of phenolic OH excluding ortho intramolecular Hbond substituents is 1. The average Bonchev–Trinajstić information content (AvgIpc) is 3.25. The van der Waals surface area contributed by atoms with Gasteiger partial charge in [0.2, 0.25) is 11.8 Å². The lowest BCUT2D eigenvalue weighted by atomic mass is 9.67. The molecule has 2 aromatic carbocycles. The molecule has 7 nitrogen and oxygen atoms in total. The highest BCUT2D eigenvalue weighted by Gasteiger charge is 2.56. The minimum absolute atomic E-state index is 0.106. The number of fused-ring (bicyclic) bond motifs is 1. The Labute approximate surface area is 249 Å². The standard InChI is InChI=1S/C35H44N2O5/c1-3-25-20-28-33(29(22-38)32(25)31(40)14-13-23(2)19-26-11-7-8-12-30(26)39)35(42)37(34(28)41)27-15-17-36(18-16-27)21-24-9-5-4-6-10-24/h4-12,19,27-29,31,33,38-40H,3,13-18,20-22H2,1-2H3/b23-19+/t28-,29+,31-,33-/m1/s1. The third kappa shape index (κ3) is 6.24. The predicted molar refractivity (Wildman–Crippen MR) is 163 cm³/mol.